The van der Waals surface area contributed by atoms with Crippen LogP contribution in [0.15, 0.2) is 24.3 Å². The third kappa shape index (κ3) is 3.31. The van der Waals surface area contributed by atoms with Crippen LogP contribution in [-0.2, 0) is 0 Å². The molecule has 1 rings (SSSR count). The fourth-order valence-corrected chi connectivity index (χ4v) is 2.04. The van der Waals surface area contributed by atoms with Crippen molar-refractivity contribution in [3.05, 3.63) is 35.4 Å². The molecule has 1 aromatic rings. The molecule has 0 fully saturated rings. The van der Waals surface area contributed by atoms with E-state index in [1.807, 2.05) is 34.6 Å². The molecular formula is C17H24O2. The molecule has 0 spiro atoms. The molecule has 0 aliphatic rings. The number of carbonyl (C=O) groups excluding carboxylic acids is 2. The van der Waals surface area contributed by atoms with Crippen molar-refractivity contribution in [1.82, 2.24) is 0 Å². The Morgan fingerprint density at radius 2 is 1.42 bits per heavy atom. The highest BCUT2D eigenvalue weighted by Gasteiger charge is 2.29. The van der Waals surface area contributed by atoms with E-state index in [9.17, 15) is 9.59 Å². The molecule has 0 aliphatic carbocycles. The summed E-state index contributed by atoms with van der Waals surface area (Å²) in [6, 6.07) is 7.09. The van der Waals surface area contributed by atoms with E-state index in [1.54, 1.807) is 24.3 Å². The van der Waals surface area contributed by atoms with Crippen molar-refractivity contribution in [3.8, 4) is 0 Å². The maximum absolute atomic E-state index is 12.5. The normalized spacial score (nSPS) is 11.7. The van der Waals surface area contributed by atoms with Gasteiger partial charge >= 0.3 is 0 Å². The number of rotatable bonds is 6. The van der Waals surface area contributed by atoms with Gasteiger partial charge in [0.1, 0.15) is 0 Å². The third-order valence-corrected chi connectivity index (χ3v) is 4.06. The van der Waals surface area contributed by atoms with Crippen LogP contribution in [0.25, 0.3) is 0 Å². The first-order chi connectivity index (χ1) is 8.85. The van der Waals surface area contributed by atoms with Gasteiger partial charge in [-0.25, -0.2) is 0 Å². The zero-order valence-electron chi connectivity index (χ0n) is 12.6. The van der Waals surface area contributed by atoms with Crippen molar-refractivity contribution in [3.63, 3.8) is 0 Å². The van der Waals surface area contributed by atoms with Crippen LogP contribution in [0.5, 0.6) is 0 Å². The van der Waals surface area contributed by atoms with Crippen molar-refractivity contribution in [2.45, 2.75) is 47.5 Å². The van der Waals surface area contributed by atoms with Crippen LogP contribution in [0, 0.1) is 11.3 Å². The Morgan fingerprint density at radius 1 is 1.00 bits per heavy atom. The van der Waals surface area contributed by atoms with Crippen LogP contribution in [0.1, 0.15) is 68.2 Å². The molecule has 0 unspecified atom stereocenters. The molecule has 0 N–H and O–H groups in total. The van der Waals surface area contributed by atoms with Crippen LogP contribution in [0.2, 0.25) is 0 Å². The molecule has 19 heavy (non-hydrogen) atoms. The number of Topliss-reactive ketones (excluding diaryl/α,β-unsaturated/α-hetero) is 2. The van der Waals surface area contributed by atoms with Crippen molar-refractivity contribution in [1.29, 1.82) is 0 Å². The van der Waals surface area contributed by atoms with E-state index < -0.39 is 0 Å². The molecule has 104 valence electrons. The fourth-order valence-electron chi connectivity index (χ4n) is 2.04. The maximum atomic E-state index is 12.5. The lowest BCUT2D eigenvalue weighted by Gasteiger charge is -2.24. The summed E-state index contributed by atoms with van der Waals surface area (Å²) < 4.78 is 0. The predicted molar refractivity (Wildman–Crippen MR) is 78.6 cm³/mol. The van der Waals surface area contributed by atoms with Crippen LogP contribution in [0.4, 0.5) is 0 Å². The molecule has 0 saturated carbocycles. The minimum atomic E-state index is -0.302. The van der Waals surface area contributed by atoms with Crippen LogP contribution in [0.3, 0.4) is 0 Å². The first-order valence-electron chi connectivity index (χ1n) is 7.04. The van der Waals surface area contributed by atoms with Crippen molar-refractivity contribution in [2.24, 2.45) is 11.3 Å². The number of hydrogen-bond donors (Lipinski definition) is 0. The largest absolute Gasteiger partial charge is 0.294 e. The zero-order valence-corrected chi connectivity index (χ0v) is 12.6. The summed E-state index contributed by atoms with van der Waals surface area (Å²) in [6.07, 6.45) is 1.66. The Bertz CT molecular complexity index is 451. The SMILES string of the molecule is CCC(C)(CC)C(=O)c1ccc(C(=O)C(C)C)cc1. The van der Waals surface area contributed by atoms with Crippen molar-refractivity contribution < 1.29 is 9.59 Å². The number of ketones is 2. The van der Waals surface area contributed by atoms with Gasteiger partial charge in [-0.05, 0) is 12.8 Å². The van der Waals surface area contributed by atoms with Gasteiger partial charge in [-0.15, -0.1) is 0 Å². The molecule has 1 aromatic carbocycles. The van der Waals surface area contributed by atoms with Gasteiger partial charge in [0.25, 0.3) is 0 Å². The summed E-state index contributed by atoms with van der Waals surface area (Å²) in [5.74, 6) is 0.270. The maximum Gasteiger partial charge on any atom is 0.168 e. The van der Waals surface area contributed by atoms with Gasteiger partial charge in [-0.3, -0.25) is 9.59 Å². The predicted octanol–water partition coefficient (Wildman–Crippen LogP) is 4.53. The molecule has 0 saturated heterocycles. The molecule has 0 heterocycles. The van der Waals surface area contributed by atoms with Gasteiger partial charge < -0.3 is 0 Å². The Hall–Kier alpha value is -1.44. The average molecular weight is 260 g/mol. The summed E-state index contributed by atoms with van der Waals surface area (Å²) in [4.78, 5) is 24.3. The van der Waals surface area contributed by atoms with Crippen molar-refractivity contribution >= 4 is 11.6 Å². The highest BCUT2D eigenvalue weighted by atomic mass is 16.1. The average Bonchev–Trinajstić information content (AvgIpc) is 2.44. The molecule has 2 nitrogen and oxygen atoms in total. The van der Waals surface area contributed by atoms with E-state index in [2.05, 4.69) is 0 Å². The minimum absolute atomic E-state index is 0.0156. The molecule has 0 radical (unpaired) electrons. The first-order valence-corrected chi connectivity index (χ1v) is 7.04. The molecular weight excluding hydrogens is 236 g/mol. The van der Waals surface area contributed by atoms with E-state index in [1.165, 1.54) is 0 Å². The van der Waals surface area contributed by atoms with Crippen LogP contribution in [-0.4, -0.2) is 11.6 Å². The van der Waals surface area contributed by atoms with Gasteiger partial charge in [0.15, 0.2) is 11.6 Å². The quantitative estimate of drug-likeness (QED) is 0.704. The third-order valence-electron chi connectivity index (χ3n) is 4.06. The topological polar surface area (TPSA) is 34.1 Å². The minimum Gasteiger partial charge on any atom is -0.294 e. The molecule has 0 aromatic heterocycles. The van der Waals surface area contributed by atoms with Crippen LogP contribution >= 0.6 is 0 Å². The second-order valence-corrected chi connectivity index (χ2v) is 5.69. The van der Waals surface area contributed by atoms with Gasteiger partial charge in [0, 0.05) is 22.5 Å². The van der Waals surface area contributed by atoms with Crippen LogP contribution < -0.4 is 0 Å². The van der Waals surface area contributed by atoms with E-state index in [4.69, 9.17) is 0 Å². The highest BCUT2D eigenvalue weighted by Crippen LogP contribution is 2.30. The number of benzene rings is 1. The molecule has 0 amide bonds. The fraction of sp³-hybridized carbons (Fsp3) is 0.529. The number of carbonyl (C=O) groups is 2. The summed E-state index contributed by atoms with van der Waals surface area (Å²) >= 11 is 0. The van der Waals surface area contributed by atoms with E-state index in [0.717, 1.165) is 12.8 Å². The Morgan fingerprint density at radius 3 is 1.79 bits per heavy atom. The molecule has 0 aliphatic heterocycles. The highest BCUT2D eigenvalue weighted by molar-refractivity contribution is 6.02. The smallest absolute Gasteiger partial charge is 0.168 e. The number of hydrogen-bond acceptors (Lipinski definition) is 2. The molecule has 0 bridgehead atoms. The Labute approximate surface area is 116 Å². The zero-order chi connectivity index (χ0) is 14.6. The summed E-state index contributed by atoms with van der Waals surface area (Å²) in [5, 5.41) is 0. The van der Waals surface area contributed by atoms with Gasteiger partial charge in [-0.1, -0.05) is 58.9 Å². The Balaban J connectivity index is 3.00. The van der Waals surface area contributed by atoms with Crippen molar-refractivity contribution in [2.75, 3.05) is 0 Å². The van der Waals surface area contributed by atoms with E-state index in [0.29, 0.717) is 11.1 Å². The molecule has 2 heteroatoms. The monoisotopic (exact) mass is 260 g/mol. The first kappa shape index (κ1) is 15.6. The lowest BCUT2D eigenvalue weighted by molar-refractivity contribution is 0.0802. The second kappa shape index (κ2) is 6.14. The van der Waals surface area contributed by atoms with E-state index in [-0.39, 0.29) is 22.9 Å². The summed E-state index contributed by atoms with van der Waals surface area (Å²) in [6.45, 7) is 9.85. The Kier molecular flexibility index (Phi) is 5.04. The van der Waals surface area contributed by atoms with Gasteiger partial charge in [0.2, 0.25) is 0 Å². The second-order valence-electron chi connectivity index (χ2n) is 5.69. The lowest BCUT2D eigenvalue weighted by Crippen LogP contribution is -2.26. The summed E-state index contributed by atoms with van der Waals surface area (Å²) in [5.41, 5.74) is 1.08. The molecule has 0 atom stereocenters. The standard InChI is InChI=1S/C17H24O2/c1-6-17(5,7-2)16(19)14-10-8-13(9-11-14)15(18)12(3)4/h8-12H,6-7H2,1-5H3. The lowest BCUT2D eigenvalue weighted by atomic mass is 9.77. The summed E-state index contributed by atoms with van der Waals surface area (Å²) in [7, 11) is 0. The van der Waals surface area contributed by atoms with Gasteiger partial charge in [0.05, 0.1) is 0 Å². The van der Waals surface area contributed by atoms with Gasteiger partial charge in [-0.2, -0.15) is 0 Å². The van der Waals surface area contributed by atoms with E-state index >= 15 is 0 Å².